The molecule has 0 aliphatic carbocycles. The highest BCUT2D eigenvalue weighted by Gasteiger charge is 2.06. The van der Waals surface area contributed by atoms with Crippen LogP contribution in [0.1, 0.15) is 21.6 Å². The number of carbonyl (C=O) groups excluding carboxylic acids is 1. The molecule has 0 radical (unpaired) electrons. The highest BCUT2D eigenvalue weighted by molar-refractivity contribution is 9.10. The SMILES string of the molecule is N#Cc1cccc(C(=O)NCc2ccc(Br)cn2)c1. The van der Waals surface area contributed by atoms with E-state index in [9.17, 15) is 4.79 Å². The number of nitrogens with zero attached hydrogens (tertiary/aromatic N) is 2. The molecular weight excluding hydrogens is 306 g/mol. The minimum absolute atomic E-state index is 0.221. The summed E-state index contributed by atoms with van der Waals surface area (Å²) < 4.78 is 0.893. The van der Waals surface area contributed by atoms with Crippen LogP contribution in [0.15, 0.2) is 47.1 Å². The van der Waals surface area contributed by atoms with E-state index in [-0.39, 0.29) is 5.91 Å². The van der Waals surface area contributed by atoms with Crippen LogP contribution in [0.2, 0.25) is 0 Å². The van der Waals surface area contributed by atoms with Crippen LogP contribution in [0.4, 0.5) is 0 Å². The van der Waals surface area contributed by atoms with Gasteiger partial charge < -0.3 is 5.32 Å². The van der Waals surface area contributed by atoms with Crippen molar-refractivity contribution in [2.75, 3.05) is 0 Å². The van der Waals surface area contributed by atoms with Crippen LogP contribution in [0.3, 0.4) is 0 Å². The summed E-state index contributed by atoms with van der Waals surface area (Å²) in [5, 5.41) is 11.5. The fraction of sp³-hybridized carbons (Fsp3) is 0.0714. The molecule has 0 saturated heterocycles. The second-order valence-corrected chi connectivity index (χ2v) is 4.76. The van der Waals surface area contributed by atoms with E-state index in [1.54, 1.807) is 30.5 Å². The smallest absolute Gasteiger partial charge is 0.251 e. The molecule has 1 heterocycles. The minimum atomic E-state index is -0.221. The number of hydrogen-bond acceptors (Lipinski definition) is 3. The minimum Gasteiger partial charge on any atom is -0.346 e. The molecule has 5 heteroatoms. The molecule has 0 spiro atoms. The van der Waals surface area contributed by atoms with Gasteiger partial charge in [-0.1, -0.05) is 6.07 Å². The Morgan fingerprint density at radius 2 is 2.21 bits per heavy atom. The second kappa shape index (κ2) is 6.12. The van der Waals surface area contributed by atoms with Crippen LogP contribution < -0.4 is 5.32 Å². The highest BCUT2D eigenvalue weighted by Crippen LogP contribution is 2.08. The lowest BCUT2D eigenvalue weighted by molar-refractivity contribution is 0.0950. The zero-order chi connectivity index (χ0) is 13.7. The van der Waals surface area contributed by atoms with Gasteiger partial charge >= 0.3 is 0 Å². The van der Waals surface area contributed by atoms with E-state index in [4.69, 9.17) is 5.26 Å². The van der Waals surface area contributed by atoms with E-state index in [0.29, 0.717) is 17.7 Å². The second-order valence-electron chi connectivity index (χ2n) is 3.84. The van der Waals surface area contributed by atoms with Crippen LogP contribution in [0, 0.1) is 11.3 Å². The first-order valence-electron chi connectivity index (χ1n) is 5.58. The molecule has 0 bridgehead atoms. The molecule has 0 aliphatic rings. The van der Waals surface area contributed by atoms with E-state index in [1.807, 2.05) is 18.2 Å². The van der Waals surface area contributed by atoms with Crippen LogP contribution in [0.25, 0.3) is 0 Å². The number of carbonyl (C=O) groups is 1. The van der Waals surface area contributed by atoms with Crippen molar-refractivity contribution in [1.29, 1.82) is 5.26 Å². The Kier molecular flexibility index (Phi) is 4.26. The van der Waals surface area contributed by atoms with Gasteiger partial charge in [-0.05, 0) is 46.3 Å². The van der Waals surface area contributed by atoms with Crippen molar-refractivity contribution < 1.29 is 4.79 Å². The summed E-state index contributed by atoms with van der Waals surface area (Å²) in [6.45, 7) is 0.350. The number of hydrogen-bond donors (Lipinski definition) is 1. The molecule has 0 aliphatic heterocycles. The van der Waals surface area contributed by atoms with Gasteiger partial charge in [-0.3, -0.25) is 9.78 Å². The number of halogens is 1. The van der Waals surface area contributed by atoms with Gasteiger partial charge in [0, 0.05) is 16.2 Å². The summed E-state index contributed by atoms with van der Waals surface area (Å²) in [5.74, 6) is -0.221. The van der Waals surface area contributed by atoms with E-state index < -0.39 is 0 Å². The molecule has 19 heavy (non-hydrogen) atoms. The zero-order valence-electron chi connectivity index (χ0n) is 9.93. The number of nitriles is 1. The van der Waals surface area contributed by atoms with Crippen LogP contribution in [0.5, 0.6) is 0 Å². The third-order valence-electron chi connectivity index (χ3n) is 2.47. The number of benzene rings is 1. The molecule has 1 amide bonds. The van der Waals surface area contributed by atoms with Crippen molar-refractivity contribution in [3.05, 3.63) is 63.9 Å². The summed E-state index contributed by atoms with van der Waals surface area (Å²) in [5.41, 5.74) is 1.71. The Hall–Kier alpha value is -2.19. The molecule has 4 nitrogen and oxygen atoms in total. The van der Waals surface area contributed by atoms with Crippen molar-refractivity contribution in [3.63, 3.8) is 0 Å². The van der Waals surface area contributed by atoms with Crippen LogP contribution >= 0.6 is 15.9 Å². The van der Waals surface area contributed by atoms with E-state index in [2.05, 4.69) is 26.2 Å². The molecule has 2 rings (SSSR count). The lowest BCUT2D eigenvalue weighted by atomic mass is 10.1. The molecule has 1 aromatic carbocycles. The van der Waals surface area contributed by atoms with Gasteiger partial charge in [-0.2, -0.15) is 5.26 Å². The highest BCUT2D eigenvalue weighted by atomic mass is 79.9. The largest absolute Gasteiger partial charge is 0.346 e. The number of amides is 1. The maximum Gasteiger partial charge on any atom is 0.251 e. The van der Waals surface area contributed by atoms with Crippen molar-refractivity contribution in [2.45, 2.75) is 6.54 Å². The average molecular weight is 316 g/mol. The molecule has 2 aromatic rings. The van der Waals surface area contributed by atoms with Gasteiger partial charge in [0.05, 0.1) is 23.9 Å². The van der Waals surface area contributed by atoms with Gasteiger partial charge in [-0.25, -0.2) is 0 Å². The summed E-state index contributed by atoms with van der Waals surface area (Å²) in [6.07, 6.45) is 1.68. The molecular formula is C14H10BrN3O. The zero-order valence-corrected chi connectivity index (χ0v) is 11.5. The molecule has 0 atom stereocenters. The maximum absolute atomic E-state index is 11.9. The normalized spacial score (nSPS) is 9.68. The number of nitrogens with one attached hydrogen (secondary N) is 1. The first-order valence-corrected chi connectivity index (χ1v) is 6.37. The number of aromatic nitrogens is 1. The fourth-order valence-electron chi connectivity index (χ4n) is 1.51. The van der Waals surface area contributed by atoms with Gasteiger partial charge in [0.15, 0.2) is 0 Å². The Morgan fingerprint density at radius 3 is 2.89 bits per heavy atom. The van der Waals surface area contributed by atoms with Crippen LogP contribution in [-0.4, -0.2) is 10.9 Å². The lowest BCUT2D eigenvalue weighted by Crippen LogP contribution is -2.23. The maximum atomic E-state index is 11.9. The number of rotatable bonds is 3. The van der Waals surface area contributed by atoms with Gasteiger partial charge in [0.2, 0.25) is 0 Å². The Balaban J connectivity index is 2.01. The van der Waals surface area contributed by atoms with Crippen molar-refractivity contribution >= 4 is 21.8 Å². The molecule has 0 saturated carbocycles. The summed E-state index contributed by atoms with van der Waals surface area (Å²) >= 11 is 3.30. The standard InChI is InChI=1S/C14H10BrN3O/c15-12-4-5-13(17-8-12)9-18-14(19)11-3-1-2-10(6-11)7-16/h1-6,8H,9H2,(H,18,19). The van der Waals surface area contributed by atoms with Crippen LogP contribution in [-0.2, 0) is 6.54 Å². The number of pyridine rings is 1. The average Bonchev–Trinajstić information content (AvgIpc) is 2.46. The topological polar surface area (TPSA) is 65.8 Å². The third-order valence-corrected chi connectivity index (χ3v) is 2.94. The van der Waals surface area contributed by atoms with E-state index in [0.717, 1.165) is 10.2 Å². The quantitative estimate of drug-likeness (QED) is 0.946. The fourth-order valence-corrected chi connectivity index (χ4v) is 1.75. The molecule has 1 aromatic heterocycles. The summed E-state index contributed by atoms with van der Waals surface area (Å²) in [7, 11) is 0. The van der Waals surface area contributed by atoms with Gasteiger partial charge in [0.25, 0.3) is 5.91 Å². The van der Waals surface area contributed by atoms with E-state index >= 15 is 0 Å². The first kappa shape index (κ1) is 13.2. The molecule has 94 valence electrons. The molecule has 0 fully saturated rings. The van der Waals surface area contributed by atoms with Crippen molar-refractivity contribution in [3.8, 4) is 6.07 Å². The van der Waals surface area contributed by atoms with Gasteiger partial charge in [-0.15, -0.1) is 0 Å². The molecule has 1 N–H and O–H groups in total. The predicted molar refractivity (Wildman–Crippen MR) is 74.3 cm³/mol. The summed E-state index contributed by atoms with van der Waals surface area (Å²) in [4.78, 5) is 16.1. The molecule has 0 unspecified atom stereocenters. The Labute approximate surface area is 119 Å². The predicted octanol–water partition coefficient (Wildman–Crippen LogP) is 2.65. The van der Waals surface area contributed by atoms with Gasteiger partial charge in [0.1, 0.15) is 0 Å². The monoisotopic (exact) mass is 315 g/mol. The first-order chi connectivity index (χ1) is 9.19. The van der Waals surface area contributed by atoms with Crippen molar-refractivity contribution in [2.24, 2.45) is 0 Å². The third kappa shape index (κ3) is 3.63. The summed E-state index contributed by atoms with van der Waals surface area (Å²) in [6, 6.07) is 12.3. The van der Waals surface area contributed by atoms with Crippen molar-refractivity contribution in [1.82, 2.24) is 10.3 Å². The Bertz CT molecular complexity index is 632. The Morgan fingerprint density at radius 1 is 1.37 bits per heavy atom. The van der Waals surface area contributed by atoms with E-state index in [1.165, 1.54) is 0 Å². The lowest BCUT2D eigenvalue weighted by Gasteiger charge is -2.05.